The predicted molar refractivity (Wildman–Crippen MR) is 199 cm³/mol. The number of allylic oxidation sites excluding steroid dienone is 3. The minimum absolute atomic E-state index is 0. The summed E-state index contributed by atoms with van der Waals surface area (Å²) in [6.45, 7) is 6.80. The molecule has 284 valence electrons. The van der Waals surface area contributed by atoms with Crippen molar-refractivity contribution in [1.29, 1.82) is 0 Å². The average Bonchev–Trinajstić information content (AvgIpc) is 3.31. The van der Waals surface area contributed by atoms with Gasteiger partial charge in [-0.25, -0.2) is 4.58 Å². The molecular formula is C37H49N2Na2O11S2+3. The third-order valence-electron chi connectivity index (χ3n) is 9.28. The molecular weight excluding hydrogens is 759 g/mol. The number of methoxy groups -OCH3 is 1. The van der Waals surface area contributed by atoms with Gasteiger partial charge in [-0.2, -0.15) is 16.8 Å². The largest absolute Gasteiger partial charge is 1.00 e. The van der Waals surface area contributed by atoms with Gasteiger partial charge in [-0.05, 0) is 80.6 Å². The van der Waals surface area contributed by atoms with E-state index in [4.69, 9.17) is 23.6 Å². The number of benzene rings is 2. The fraction of sp³-hybridized carbons (Fsp3) is 0.459. The summed E-state index contributed by atoms with van der Waals surface area (Å²) in [6.07, 6.45) is 10.3. The first kappa shape index (κ1) is 48.3. The van der Waals surface area contributed by atoms with Crippen LogP contribution >= 0.6 is 0 Å². The molecule has 2 aliphatic heterocycles. The standard InChI is InChI=1S/C37H48N2O11S2.2Na/c1-4-38(19-9-25-51(42,43)44)29-13-15-31-28(17-21-50-34(31)26-29)10-8-11-35-37(2,18-22-49-24-23-48-3)32-27-30(52(45,46)47)14-16-33(32)39(35)20-7-5-6-12-36(40)41;;/h8,10-11,13-17,21,26-27H,4-7,9,12,18-20,22-25H2,1-3H3,(H2-,40,41,42,43,44,45,46,47);;/q;2*+1/p+1. The van der Waals surface area contributed by atoms with E-state index in [2.05, 4.69) is 4.90 Å². The van der Waals surface area contributed by atoms with Crippen LogP contribution in [0.4, 0.5) is 5.69 Å². The number of hydrogen-bond donors (Lipinski definition) is 3. The van der Waals surface area contributed by atoms with Crippen molar-refractivity contribution < 1.29 is 109 Å². The van der Waals surface area contributed by atoms with E-state index in [9.17, 15) is 26.2 Å². The summed E-state index contributed by atoms with van der Waals surface area (Å²) in [5, 5.41) is 9.96. The van der Waals surface area contributed by atoms with Crippen LogP contribution in [0.3, 0.4) is 0 Å². The normalized spacial score (nSPS) is 17.1. The van der Waals surface area contributed by atoms with Crippen LogP contribution in [-0.4, -0.2) is 89.3 Å². The number of carboxylic acids is 1. The van der Waals surface area contributed by atoms with Crippen LogP contribution in [0.1, 0.15) is 63.5 Å². The van der Waals surface area contributed by atoms with Crippen LogP contribution < -0.4 is 73.9 Å². The Balaban J connectivity index is 0.00000504. The van der Waals surface area contributed by atoms with Gasteiger partial charge in [-0.3, -0.25) is 13.9 Å². The number of carboxylic acid groups (broad SMARTS) is 1. The van der Waals surface area contributed by atoms with E-state index in [0.29, 0.717) is 70.9 Å². The van der Waals surface area contributed by atoms with Gasteiger partial charge >= 0.3 is 65.1 Å². The van der Waals surface area contributed by atoms with Crippen LogP contribution in [0.15, 0.2) is 75.9 Å². The number of anilines is 1. The number of carbonyl (C=O) groups is 1. The van der Waals surface area contributed by atoms with E-state index in [1.807, 2.05) is 60.9 Å². The maximum Gasteiger partial charge on any atom is 1.00 e. The van der Waals surface area contributed by atoms with Crippen LogP contribution in [0.25, 0.3) is 17.4 Å². The summed E-state index contributed by atoms with van der Waals surface area (Å²) in [5.74, 6) is -0.528. The molecule has 13 nitrogen and oxygen atoms in total. The quantitative estimate of drug-likeness (QED) is 0.0554. The van der Waals surface area contributed by atoms with Crippen molar-refractivity contribution in [2.75, 3.05) is 57.2 Å². The molecule has 0 fully saturated rings. The molecule has 1 atom stereocenters. The molecule has 0 spiro atoms. The number of unbranched alkanes of at least 4 members (excludes halogenated alkanes) is 2. The fourth-order valence-electron chi connectivity index (χ4n) is 6.55. The Bertz CT molecular complexity index is 2030. The third-order valence-corrected chi connectivity index (χ3v) is 10.9. The molecule has 0 aromatic heterocycles. The number of fused-ring (bicyclic) bond motifs is 2. The summed E-state index contributed by atoms with van der Waals surface area (Å²) in [7, 11) is -6.92. The topological polar surface area (TPSA) is 184 Å². The molecule has 2 heterocycles. The molecule has 0 saturated carbocycles. The summed E-state index contributed by atoms with van der Waals surface area (Å²) in [5.41, 5.74) is 3.46. The number of aliphatic carboxylic acids is 1. The molecule has 17 heteroatoms. The van der Waals surface area contributed by atoms with Crippen LogP contribution in [0, 0.1) is 0 Å². The molecule has 0 bridgehead atoms. The molecule has 4 rings (SSSR count). The maximum atomic E-state index is 12.2. The first-order valence-corrected chi connectivity index (χ1v) is 20.3. The minimum atomic E-state index is -4.47. The molecule has 1 unspecified atom stereocenters. The monoisotopic (exact) mass is 807 g/mol. The summed E-state index contributed by atoms with van der Waals surface area (Å²) in [6, 6.07) is 12.3. The van der Waals surface area contributed by atoms with Gasteiger partial charge in [0.2, 0.25) is 5.36 Å². The Labute approximate surface area is 362 Å². The Morgan fingerprint density at radius 1 is 0.981 bits per heavy atom. The second-order valence-electron chi connectivity index (χ2n) is 12.9. The van der Waals surface area contributed by atoms with E-state index in [1.165, 1.54) is 12.1 Å². The smallest absolute Gasteiger partial charge is 0.481 e. The molecule has 54 heavy (non-hydrogen) atoms. The summed E-state index contributed by atoms with van der Waals surface area (Å²) < 4.78 is 84.7. The number of rotatable bonds is 20. The molecule has 1 aromatic rings. The fourth-order valence-corrected chi connectivity index (χ4v) is 7.55. The third kappa shape index (κ3) is 13.4. The van der Waals surface area contributed by atoms with Crippen LogP contribution in [0.2, 0.25) is 0 Å². The van der Waals surface area contributed by atoms with Crippen molar-refractivity contribution in [3.8, 4) is 11.3 Å². The molecule has 1 aromatic carbocycles. The molecule has 0 saturated heterocycles. The Kier molecular flexibility index (Phi) is 19.8. The Morgan fingerprint density at radius 2 is 1.74 bits per heavy atom. The van der Waals surface area contributed by atoms with E-state index >= 15 is 0 Å². The van der Waals surface area contributed by atoms with Crippen molar-refractivity contribution >= 4 is 38.0 Å². The molecule has 0 amide bonds. The molecule has 3 aliphatic rings. The zero-order valence-electron chi connectivity index (χ0n) is 31.9. The second kappa shape index (κ2) is 22.2. The average molecular weight is 808 g/mol. The van der Waals surface area contributed by atoms with Gasteiger partial charge in [0.05, 0.1) is 36.2 Å². The van der Waals surface area contributed by atoms with E-state index in [-0.39, 0.29) is 82.6 Å². The first-order chi connectivity index (χ1) is 24.7. The number of hydrogen-bond acceptors (Lipinski definition) is 9. The van der Waals surface area contributed by atoms with Crippen molar-refractivity contribution in [2.45, 2.75) is 62.7 Å². The summed E-state index contributed by atoms with van der Waals surface area (Å²) >= 11 is 0. The maximum absolute atomic E-state index is 12.2. The minimum Gasteiger partial charge on any atom is -0.481 e. The van der Waals surface area contributed by atoms with Gasteiger partial charge in [-0.15, -0.1) is 0 Å². The molecule has 3 N–H and O–H groups in total. The SMILES string of the molecule is CC[N+](CCCS(=O)(=O)O)=c1ccc2c(/C=C/C=C3/N(CCCCCC(=O)O)c4ccc(S(=O)(=O)O)cc4C3(C)CCOCCOC)ccoc-2c1.[Na+].[Na+]. The molecule has 0 radical (unpaired) electrons. The van der Waals surface area contributed by atoms with Crippen LogP contribution in [-0.2, 0) is 39.9 Å². The van der Waals surface area contributed by atoms with Crippen molar-refractivity contribution in [3.05, 3.63) is 83.1 Å². The second-order valence-corrected chi connectivity index (χ2v) is 15.9. The van der Waals surface area contributed by atoms with Gasteiger partial charge in [0.1, 0.15) is 18.8 Å². The van der Waals surface area contributed by atoms with Gasteiger partial charge in [0, 0.05) is 61.5 Å². The van der Waals surface area contributed by atoms with Crippen molar-refractivity contribution in [3.63, 3.8) is 0 Å². The van der Waals surface area contributed by atoms with Gasteiger partial charge in [-0.1, -0.05) is 18.6 Å². The van der Waals surface area contributed by atoms with Gasteiger partial charge < -0.3 is 23.9 Å². The van der Waals surface area contributed by atoms with Gasteiger partial charge in [0.25, 0.3) is 20.2 Å². The Morgan fingerprint density at radius 3 is 2.41 bits per heavy atom. The Hall–Kier alpha value is -1.86. The van der Waals surface area contributed by atoms with E-state index < -0.39 is 31.6 Å². The van der Waals surface area contributed by atoms with E-state index in [1.54, 1.807) is 19.4 Å². The number of nitrogens with zero attached hydrogens (tertiary/aromatic N) is 2. The zero-order valence-corrected chi connectivity index (χ0v) is 37.5. The number of ether oxygens (including phenoxy) is 2. The zero-order chi connectivity index (χ0) is 37.9. The van der Waals surface area contributed by atoms with E-state index in [0.717, 1.165) is 33.4 Å². The molecule has 1 aliphatic carbocycles. The van der Waals surface area contributed by atoms with Crippen molar-refractivity contribution in [1.82, 2.24) is 4.58 Å². The van der Waals surface area contributed by atoms with Crippen molar-refractivity contribution in [2.24, 2.45) is 0 Å². The predicted octanol–water partition coefficient (Wildman–Crippen LogP) is -0.918. The van der Waals surface area contributed by atoms with Crippen LogP contribution in [0.5, 0.6) is 0 Å². The summed E-state index contributed by atoms with van der Waals surface area (Å²) in [4.78, 5) is 13.0. The first-order valence-electron chi connectivity index (χ1n) is 17.3. The van der Waals surface area contributed by atoms with Gasteiger partial charge in [0.15, 0.2) is 0 Å².